The molecular formula is C15H12N4O2. The number of amides is 1. The van der Waals surface area contributed by atoms with Crippen LogP contribution in [0.2, 0.25) is 0 Å². The van der Waals surface area contributed by atoms with Crippen molar-refractivity contribution in [1.82, 2.24) is 0 Å². The Bertz CT molecular complexity index is 779. The van der Waals surface area contributed by atoms with E-state index in [0.29, 0.717) is 11.3 Å². The van der Waals surface area contributed by atoms with E-state index >= 15 is 0 Å². The zero-order valence-corrected chi connectivity index (χ0v) is 11.3. The molecule has 0 atom stereocenters. The number of nitrogens with zero attached hydrogens (tertiary/aromatic N) is 3. The third-order valence-corrected chi connectivity index (χ3v) is 3.18. The van der Waals surface area contributed by atoms with Gasteiger partial charge in [-0.25, -0.2) is 4.99 Å². The van der Waals surface area contributed by atoms with Crippen LogP contribution in [0.3, 0.4) is 0 Å². The smallest absolute Gasteiger partial charge is 0.251 e. The molecule has 1 aliphatic carbocycles. The van der Waals surface area contributed by atoms with Gasteiger partial charge in [0.25, 0.3) is 5.91 Å². The van der Waals surface area contributed by atoms with E-state index in [1.54, 1.807) is 25.1 Å². The largest absolute Gasteiger partial charge is 0.410 e. The highest BCUT2D eigenvalue weighted by Gasteiger charge is 2.26. The number of aliphatic imine (C=N–C) groups is 1. The summed E-state index contributed by atoms with van der Waals surface area (Å²) < 4.78 is 0. The third kappa shape index (κ3) is 2.32. The van der Waals surface area contributed by atoms with Gasteiger partial charge < -0.3 is 10.9 Å². The highest BCUT2D eigenvalue weighted by molar-refractivity contribution is 6.30. The molecule has 0 saturated heterocycles. The molecule has 0 radical (unpaired) electrons. The summed E-state index contributed by atoms with van der Waals surface area (Å²) in [5, 5.41) is 21.6. The fourth-order valence-electron chi connectivity index (χ4n) is 2.08. The Kier molecular flexibility index (Phi) is 3.67. The molecule has 2 rings (SSSR count). The molecule has 0 aliphatic heterocycles. The topological polar surface area (TPSA) is 112 Å². The monoisotopic (exact) mass is 280 g/mol. The number of allylic oxidation sites excluding steroid dienone is 2. The number of carbonyl (C=O) groups is 1. The zero-order valence-electron chi connectivity index (χ0n) is 11.3. The van der Waals surface area contributed by atoms with E-state index in [1.165, 1.54) is 0 Å². The predicted octanol–water partition coefficient (Wildman–Crippen LogP) is 1.62. The Morgan fingerprint density at radius 3 is 2.52 bits per heavy atom. The lowest BCUT2D eigenvalue weighted by atomic mass is 10.1. The number of nitrogens with two attached hydrogens (primary N) is 1. The van der Waals surface area contributed by atoms with Gasteiger partial charge in [-0.1, -0.05) is 36.0 Å². The lowest BCUT2D eigenvalue weighted by Gasteiger charge is -2.01. The van der Waals surface area contributed by atoms with Crippen LogP contribution in [0.4, 0.5) is 0 Å². The van der Waals surface area contributed by atoms with E-state index in [-0.39, 0.29) is 17.0 Å². The van der Waals surface area contributed by atoms with Crippen molar-refractivity contribution >= 4 is 22.9 Å². The molecule has 0 saturated carbocycles. The van der Waals surface area contributed by atoms with E-state index in [9.17, 15) is 10.0 Å². The van der Waals surface area contributed by atoms with Crippen LogP contribution >= 0.6 is 0 Å². The summed E-state index contributed by atoms with van der Waals surface area (Å²) >= 11 is 0. The van der Waals surface area contributed by atoms with Gasteiger partial charge in [0.2, 0.25) is 0 Å². The normalized spacial score (nSPS) is 15.8. The number of hydrogen-bond donors (Lipinski definition) is 2. The van der Waals surface area contributed by atoms with Gasteiger partial charge in [0.1, 0.15) is 11.8 Å². The van der Waals surface area contributed by atoms with Crippen LogP contribution in [0.25, 0.3) is 5.57 Å². The standard InChI is InChI=1S/C15H12N4O2/c1-8-10-5-3-4-6-11(10)14(19-21)13(8)18-12(7-16)9(2)15(17)20/h3-6,21H,2H2,1H3,(H2,17,20)/b18-12?,19-14+. The van der Waals surface area contributed by atoms with E-state index < -0.39 is 5.91 Å². The molecule has 1 amide bonds. The Morgan fingerprint density at radius 1 is 1.38 bits per heavy atom. The van der Waals surface area contributed by atoms with Crippen molar-refractivity contribution in [3.63, 3.8) is 0 Å². The molecule has 0 unspecified atom stereocenters. The van der Waals surface area contributed by atoms with Crippen molar-refractivity contribution in [3.05, 3.63) is 53.2 Å². The van der Waals surface area contributed by atoms with Crippen LogP contribution in [0.1, 0.15) is 18.1 Å². The number of rotatable bonds is 3. The van der Waals surface area contributed by atoms with E-state index in [1.807, 2.05) is 12.1 Å². The minimum Gasteiger partial charge on any atom is -0.410 e. The van der Waals surface area contributed by atoms with Gasteiger partial charge in [-0.3, -0.25) is 4.79 Å². The number of primary amides is 1. The van der Waals surface area contributed by atoms with Gasteiger partial charge in [-0.2, -0.15) is 5.26 Å². The first kappa shape index (κ1) is 14.2. The van der Waals surface area contributed by atoms with Gasteiger partial charge in [0.15, 0.2) is 5.71 Å². The minimum absolute atomic E-state index is 0.189. The summed E-state index contributed by atoms with van der Waals surface area (Å²) in [5.74, 6) is -0.827. The van der Waals surface area contributed by atoms with Gasteiger partial charge in [-0.15, -0.1) is 0 Å². The minimum atomic E-state index is -0.827. The van der Waals surface area contributed by atoms with Crippen molar-refractivity contribution in [3.8, 4) is 6.07 Å². The summed E-state index contributed by atoms with van der Waals surface area (Å²) in [6, 6.07) is 9.07. The fourth-order valence-corrected chi connectivity index (χ4v) is 2.08. The second kappa shape index (κ2) is 5.43. The molecule has 0 fully saturated rings. The lowest BCUT2D eigenvalue weighted by molar-refractivity contribution is -0.114. The maximum absolute atomic E-state index is 11.1. The van der Waals surface area contributed by atoms with Crippen LogP contribution in [-0.4, -0.2) is 22.5 Å². The van der Waals surface area contributed by atoms with Crippen molar-refractivity contribution < 1.29 is 10.0 Å². The summed E-state index contributed by atoms with van der Waals surface area (Å²) in [6.07, 6.45) is 0. The second-order valence-electron chi connectivity index (χ2n) is 4.38. The van der Waals surface area contributed by atoms with Crippen molar-refractivity contribution in [1.29, 1.82) is 5.26 Å². The van der Waals surface area contributed by atoms with E-state index in [2.05, 4.69) is 16.7 Å². The SMILES string of the molecule is C=C(C(N)=O)C(C#N)=NC1=C(C)c2ccccc2/C1=N\O. The summed E-state index contributed by atoms with van der Waals surface area (Å²) in [6.45, 7) is 5.23. The Labute approximate surface area is 121 Å². The number of fused-ring (bicyclic) bond motifs is 1. The Hall–Kier alpha value is -3.20. The van der Waals surface area contributed by atoms with Gasteiger partial charge in [0, 0.05) is 5.56 Å². The van der Waals surface area contributed by atoms with Crippen LogP contribution in [0, 0.1) is 11.3 Å². The molecule has 1 aromatic carbocycles. The zero-order chi connectivity index (χ0) is 15.6. The molecule has 0 bridgehead atoms. The molecular weight excluding hydrogens is 268 g/mol. The molecule has 6 nitrogen and oxygen atoms in total. The summed E-state index contributed by atoms with van der Waals surface area (Å²) in [5.41, 5.74) is 7.57. The molecule has 0 aromatic heterocycles. The van der Waals surface area contributed by atoms with Crippen molar-refractivity contribution in [2.45, 2.75) is 6.92 Å². The van der Waals surface area contributed by atoms with E-state index in [0.717, 1.165) is 11.1 Å². The third-order valence-electron chi connectivity index (χ3n) is 3.18. The molecule has 6 heteroatoms. The molecule has 0 spiro atoms. The van der Waals surface area contributed by atoms with Crippen molar-refractivity contribution in [2.75, 3.05) is 0 Å². The second-order valence-corrected chi connectivity index (χ2v) is 4.38. The van der Waals surface area contributed by atoms with Crippen LogP contribution in [0.5, 0.6) is 0 Å². The van der Waals surface area contributed by atoms with Crippen molar-refractivity contribution in [2.24, 2.45) is 15.9 Å². The quantitative estimate of drug-likeness (QED) is 0.379. The maximum atomic E-state index is 11.1. The maximum Gasteiger partial charge on any atom is 0.251 e. The Morgan fingerprint density at radius 2 is 2.00 bits per heavy atom. The Balaban J connectivity index is 2.60. The average Bonchev–Trinajstić information content (AvgIpc) is 2.76. The number of hydrogen-bond acceptors (Lipinski definition) is 5. The molecule has 1 aromatic rings. The fraction of sp³-hybridized carbons (Fsp3) is 0.0667. The first-order chi connectivity index (χ1) is 10.0. The van der Waals surface area contributed by atoms with E-state index in [4.69, 9.17) is 11.0 Å². The number of nitriles is 1. The molecule has 0 heterocycles. The van der Waals surface area contributed by atoms with Crippen LogP contribution < -0.4 is 5.73 Å². The van der Waals surface area contributed by atoms with Gasteiger partial charge in [0.05, 0.1) is 11.3 Å². The highest BCUT2D eigenvalue weighted by atomic mass is 16.4. The van der Waals surface area contributed by atoms with Crippen LogP contribution in [-0.2, 0) is 4.79 Å². The van der Waals surface area contributed by atoms with Gasteiger partial charge in [-0.05, 0) is 18.1 Å². The number of carbonyl (C=O) groups excluding carboxylic acids is 1. The highest BCUT2D eigenvalue weighted by Crippen LogP contribution is 2.33. The summed E-state index contributed by atoms with van der Waals surface area (Å²) in [7, 11) is 0. The predicted molar refractivity (Wildman–Crippen MR) is 78.7 cm³/mol. The lowest BCUT2D eigenvalue weighted by Crippen LogP contribution is -2.19. The molecule has 104 valence electrons. The first-order valence-electron chi connectivity index (χ1n) is 6.02. The first-order valence-corrected chi connectivity index (χ1v) is 6.02. The average molecular weight is 280 g/mol. The molecule has 3 N–H and O–H groups in total. The van der Waals surface area contributed by atoms with Crippen LogP contribution in [0.15, 0.2) is 52.3 Å². The molecule has 21 heavy (non-hydrogen) atoms. The number of benzene rings is 1. The number of oxime groups is 1. The molecule has 1 aliphatic rings. The summed E-state index contributed by atoms with van der Waals surface area (Å²) in [4.78, 5) is 15.2. The van der Waals surface area contributed by atoms with Gasteiger partial charge >= 0.3 is 0 Å².